The first-order chi connectivity index (χ1) is 11.1. The minimum Gasteiger partial charge on any atom is -0.356 e. The molecule has 1 N–H and O–H groups in total. The second-order valence-electron chi connectivity index (χ2n) is 6.65. The lowest BCUT2D eigenvalue weighted by molar-refractivity contribution is -0.169. The van der Waals surface area contributed by atoms with Crippen LogP contribution in [0.25, 0.3) is 0 Å². The summed E-state index contributed by atoms with van der Waals surface area (Å²) in [6.07, 6.45) is 3.97. The first-order valence-corrected chi connectivity index (χ1v) is 8.35. The minimum absolute atomic E-state index is 0.0324. The van der Waals surface area contributed by atoms with Crippen LogP contribution in [0.3, 0.4) is 0 Å². The van der Waals surface area contributed by atoms with E-state index in [2.05, 4.69) is 15.2 Å². The summed E-state index contributed by atoms with van der Waals surface area (Å²) < 4.78 is 11.5. The Morgan fingerprint density at radius 2 is 2.00 bits per heavy atom. The molecule has 2 aliphatic heterocycles. The number of nitrogens with one attached hydrogen (secondary N) is 1. The Balaban J connectivity index is 1.54. The molecule has 0 saturated carbocycles. The lowest BCUT2D eigenvalue weighted by Gasteiger charge is -2.38. The highest BCUT2D eigenvalue weighted by Crippen LogP contribution is 2.32. The highest BCUT2D eigenvalue weighted by atomic mass is 16.7. The highest BCUT2D eigenvalue weighted by Gasteiger charge is 2.39. The molecule has 2 aliphatic rings. The monoisotopic (exact) mass is 319 g/mol. The zero-order chi connectivity index (χ0) is 16.3. The van der Waals surface area contributed by atoms with Gasteiger partial charge in [0.1, 0.15) is 5.82 Å². The van der Waals surface area contributed by atoms with Gasteiger partial charge in [-0.2, -0.15) is 0 Å². The van der Waals surface area contributed by atoms with Crippen LogP contribution < -0.4 is 10.2 Å². The molecule has 0 atom stereocenters. The van der Waals surface area contributed by atoms with E-state index in [0.29, 0.717) is 25.6 Å². The van der Waals surface area contributed by atoms with Crippen molar-refractivity contribution in [2.45, 2.75) is 38.9 Å². The summed E-state index contributed by atoms with van der Waals surface area (Å²) in [5, 5.41) is 2.88. The molecule has 2 fully saturated rings. The molecule has 0 unspecified atom stereocenters. The van der Waals surface area contributed by atoms with Gasteiger partial charge in [-0.05, 0) is 18.1 Å². The lowest BCUT2D eigenvalue weighted by atomic mass is 10.0. The van der Waals surface area contributed by atoms with Gasteiger partial charge in [-0.15, -0.1) is 0 Å². The summed E-state index contributed by atoms with van der Waals surface area (Å²) >= 11 is 0. The molecular weight excluding hydrogens is 294 g/mol. The van der Waals surface area contributed by atoms with E-state index in [-0.39, 0.29) is 11.7 Å². The van der Waals surface area contributed by atoms with Gasteiger partial charge < -0.3 is 19.7 Å². The second-order valence-corrected chi connectivity index (χ2v) is 6.65. The van der Waals surface area contributed by atoms with E-state index < -0.39 is 0 Å². The van der Waals surface area contributed by atoms with Crippen LogP contribution in [-0.4, -0.2) is 43.0 Å². The second kappa shape index (κ2) is 6.84. The number of hydrogen-bond donors (Lipinski definition) is 1. The molecule has 23 heavy (non-hydrogen) atoms. The Morgan fingerprint density at radius 1 is 1.30 bits per heavy atom. The van der Waals surface area contributed by atoms with Gasteiger partial charge in [0.05, 0.1) is 25.1 Å². The Labute approximate surface area is 137 Å². The predicted octanol–water partition coefficient (Wildman–Crippen LogP) is 2.41. The van der Waals surface area contributed by atoms with E-state index in [1.807, 2.05) is 26.0 Å². The van der Waals surface area contributed by atoms with E-state index in [4.69, 9.17) is 9.47 Å². The Kier molecular flexibility index (Phi) is 4.82. The van der Waals surface area contributed by atoms with Gasteiger partial charge in [0.15, 0.2) is 5.79 Å². The Bertz CT molecular complexity index is 529. The molecule has 6 nitrogen and oxygen atoms in total. The number of aromatic nitrogens is 1. The van der Waals surface area contributed by atoms with Crippen molar-refractivity contribution in [1.29, 1.82) is 0 Å². The fraction of sp³-hybridized carbons (Fsp3) is 0.647. The topological polar surface area (TPSA) is 63.7 Å². The molecule has 3 heterocycles. The average molecular weight is 319 g/mol. The van der Waals surface area contributed by atoms with E-state index in [1.165, 1.54) is 0 Å². The zero-order valence-corrected chi connectivity index (χ0v) is 13.9. The molecule has 0 aliphatic carbocycles. The normalized spacial score (nSPS) is 20.2. The molecule has 1 amide bonds. The fourth-order valence-corrected chi connectivity index (χ4v) is 3.09. The van der Waals surface area contributed by atoms with Gasteiger partial charge in [0, 0.05) is 32.4 Å². The maximum atomic E-state index is 11.8. The van der Waals surface area contributed by atoms with E-state index >= 15 is 0 Å². The van der Waals surface area contributed by atoms with Gasteiger partial charge in [-0.3, -0.25) is 4.79 Å². The smallest absolute Gasteiger partial charge is 0.224 e. The van der Waals surface area contributed by atoms with Crippen LogP contribution >= 0.6 is 0 Å². The summed E-state index contributed by atoms with van der Waals surface area (Å²) in [7, 11) is 0. The van der Waals surface area contributed by atoms with Crippen molar-refractivity contribution in [3.8, 4) is 0 Å². The van der Waals surface area contributed by atoms with Gasteiger partial charge in [-0.25, -0.2) is 4.98 Å². The number of nitrogens with zero attached hydrogens (tertiary/aromatic N) is 2. The number of carbonyl (C=O) groups is 1. The van der Waals surface area contributed by atoms with Gasteiger partial charge in [0.25, 0.3) is 0 Å². The molecule has 1 aromatic rings. The summed E-state index contributed by atoms with van der Waals surface area (Å²) in [5.41, 5.74) is 0.746. The van der Waals surface area contributed by atoms with E-state index in [9.17, 15) is 4.79 Å². The van der Waals surface area contributed by atoms with E-state index in [1.54, 1.807) is 6.20 Å². The van der Waals surface area contributed by atoms with Gasteiger partial charge in [0.2, 0.25) is 5.91 Å². The third kappa shape index (κ3) is 4.00. The first-order valence-electron chi connectivity index (χ1n) is 8.35. The third-order valence-corrected chi connectivity index (χ3v) is 4.29. The molecule has 2 saturated heterocycles. The SMILES string of the molecule is CC(C)CC(=O)Nc1ccc(N2CCC3(CC2)OCCO3)nc1. The summed E-state index contributed by atoms with van der Waals surface area (Å²) in [6, 6.07) is 3.87. The Hall–Kier alpha value is -1.66. The van der Waals surface area contributed by atoms with Crippen LogP contribution in [0, 0.1) is 5.92 Å². The molecule has 6 heteroatoms. The standard InChI is InChI=1S/C17H25N3O3/c1-13(2)11-16(21)19-14-3-4-15(18-12-14)20-7-5-17(6-8-20)22-9-10-23-17/h3-4,12-13H,5-11H2,1-2H3,(H,19,21). The fourth-order valence-electron chi connectivity index (χ4n) is 3.09. The van der Waals surface area contributed by atoms with Gasteiger partial charge in [-0.1, -0.05) is 13.8 Å². The molecule has 1 spiro atoms. The van der Waals surface area contributed by atoms with Crippen molar-refractivity contribution in [2.24, 2.45) is 5.92 Å². The Morgan fingerprint density at radius 3 is 2.57 bits per heavy atom. The van der Waals surface area contributed by atoms with Crippen LogP contribution in [0.4, 0.5) is 11.5 Å². The number of amides is 1. The zero-order valence-electron chi connectivity index (χ0n) is 13.9. The molecule has 0 aromatic carbocycles. The van der Waals surface area contributed by atoms with Crippen molar-refractivity contribution in [3.63, 3.8) is 0 Å². The number of rotatable bonds is 4. The average Bonchev–Trinajstić information content (AvgIpc) is 2.96. The summed E-state index contributed by atoms with van der Waals surface area (Å²) in [6.45, 7) is 7.19. The van der Waals surface area contributed by atoms with Crippen molar-refractivity contribution >= 4 is 17.4 Å². The van der Waals surface area contributed by atoms with E-state index in [0.717, 1.165) is 37.4 Å². The maximum absolute atomic E-state index is 11.8. The van der Waals surface area contributed by atoms with Crippen LogP contribution in [0.15, 0.2) is 18.3 Å². The molecular formula is C17H25N3O3. The molecule has 126 valence electrons. The maximum Gasteiger partial charge on any atom is 0.224 e. The molecule has 1 aromatic heterocycles. The number of ether oxygens (including phenoxy) is 2. The quantitative estimate of drug-likeness (QED) is 0.923. The number of anilines is 2. The first kappa shape index (κ1) is 16.2. The lowest BCUT2D eigenvalue weighted by Crippen LogP contribution is -2.45. The molecule has 0 bridgehead atoms. The number of piperidine rings is 1. The van der Waals surface area contributed by atoms with Crippen molar-refractivity contribution in [2.75, 3.05) is 36.5 Å². The summed E-state index contributed by atoms with van der Waals surface area (Å²) in [5.74, 6) is 0.953. The number of carbonyl (C=O) groups excluding carboxylic acids is 1. The van der Waals surface area contributed by atoms with Crippen LogP contribution in [-0.2, 0) is 14.3 Å². The van der Waals surface area contributed by atoms with Crippen LogP contribution in [0.2, 0.25) is 0 Å². The van der Waals surface area contributed by atoms with Crippen LogP contribution in [0.1, 0.15) is 33.1 Å². The van der Waals surface area contributed by atoms with Gasteiger partial charge >= 0.3 is 0 Å². The minimum atomic E-state index is -0.360. The molecule has 0 radical (unpaired) electrons. The molecule has 3 rings (SSSR count). The van der Waals surface area contributed by atoms with Crippen molar-refractivity contribution in [3.05, 3.63) is 18.3 Å². The number of hydrogen-bond acceptors (Lipinski definition) is 5. The third-order valence-electron chi connectivity index (χ3n) is 4.29. The summed E-state index contributed by atoms with van der Waals surface area (Å²) in [4.78, 5) is 18.5. The van der Waals surface area contributed by atoms with Crippen LogP contribution in [0.5, 0.6) is 0 Å². The predicted molar refractivity (Wildman–Crippen MR) is 88.4 cm³/mol. The number of pyridine rings is 1. The van der Waals surface area contributed by atoms with Crippen molar-refractivity contribution < 1.29 is 14.3 Å². The largest absolute Gasteiger partial charge is 0.356 e. The highest BCUT2D eigenvalue weighted by molar-refractivity contribution is 5.90. The van der Waals surface area contributed by atoms with Crippen molar-refractivity contribution in [1.82, 2.24) is 4.98 Å².